The average Bonchev–Trinajstić information content (AvgIpc) is 3.49. The van der Waals surface area contributed by atoms with Gasteiger partial charge in [-0.15, -0.1) is 0 Å². The Morgan fingerprint density at radius 1 is 0.970 bits per heavy atom. The first kappa shape index (κ1) is 21.8. The van der Waals surface area contributed by atoms with Crippen LogP contribution in [0.2, 0.25) is 0 Å². The smallest absolute Gasteiger partial charge is 0.273 e. The van der Waals surface area contributed by atoms with Gasteiger partial charge in [0.2, 0.25) is 5.91 Å². The van der Waals surface area contributed by atoms with Crippen molar-refractivity contribution in [1.82, 2.24) is 25.6 Å². The summed E-state index contributed by atoms with van der Waals surface area (Å²) in [6.07, 6.45) is 1.35. The number of hydrogen-bond donors (Lipinski definition) is 3. The van der Waals surface area contributed by atoms with Gasteiger partial charge < -0.3 is 20.9 Å². The standard InChI is InChI=1S/C24H24N6O3/c25-22-14-18(28-30(22)19-11-5-2-6-12-19)10-7-13-26-23(31)16-27-24(32)20-15-21(33-29-20)17-8-3-1-4-9-17/h1-6,8-9,11-12,14-15H,7,10,13,16,25H2,(H,26,31)(H,27,32). The van der Waals surface area contributed by atoms with E-state index in [1.165, 1.54) is 0 Å². The molecule has 2 aromatic heterocycles. The van der Waals surface area contributed by atoms with E-state index in [0.717, 1.165) is 16.9 Å². The van der Waals surface area contributed by atoms with Gasteiger partial charge in [-0.2, -0.15) is 5.10 Å². The predicted octanol–water partition coefficient (Wildman–Crippen LogP) is 2.59. The zero-order chi connectivity index (χ0) is 23.0. The maximum atomic E-state index is 12.2. The second kappa shape index (κ2) is 10.3. The molecule has 0 aliphatic carbocycles. The lowest BCUT2D eigenvalue weighted by Gasteiger charge is -2.05. The van der Waals surface area contributed by atoms with E-state index in [9.17, 15) is 9.59 Å². The lowest BCUT2D eigenvalue weighted by molar-refractivity contribution is -0.120. The Hall–Kier alpha value is -4.40. The van der Waals surface area contributed by atoms with E-state index in [0.29, 0.717) is 31.0 Å². The Morgan fingerprint density at radius 3 is 2.45 bits per heavy atom. The normalized spacial score (nSPS) is 10.7. The summed E-state index contributed by atoms with van der Waals surface area (Å²) in [6.45, 7) is 0.302. The summed E-state index contributed by atoms with van der Waals surface area (Å²) in [5.41, 5.74) is 8.73. The molecule has 2 heterocycles. The molecular formula is C24H24N6O3. The molecule has 0 bridgehead atoms. The molecule has 0 aliphatic rings. The minimum atomic E-state index is -0.474. The second-order valence-electron chi connectivity index (χ2n) is 7.39. The molecule has 0 unspecified atom stereocenters. The number of aryl methyl sites for hydroxylation is 1. The van der Waals surface area contributed by atoms with Gasteiger partial charge in [0.25, 0.3) is 5.91 Å². The van der Waals surface area contributed by atoms with Gasteiger partial charge >= 0.3 is 0 Å². The maximum Gasteiger partial charge on any atom is 0.273 e. The second-order valence-corrected chi connectivity index (χ2v) is 7.39. The number of aromatic nitrogens is 3. The van der Waals surface area contributed by atoms with Gasteiger partial charge in [-0.05, 0) is 25.0 Å². The number of anilines is 1. The number of carbonyl (C=O) groups is 2. The van der Waals surface area contributed by atoms with Crippen molar-refractivity contribution in [2.45, 2.75) is 12.8 Å². The highest BCUT2D eigenvalue weighted by molar-refractivity contribution is 5.95. The summed E-state index contributed by atoms with van der Waals surface area (Å²) < 4.78 is 6.90. The molecule has 4 N–H and O–H groups in total. The van der Waals surface area contributed by atoms with E-state index in [4.69, 9.17) is 10.3 Å². The monoisotopic (exact) mass is 444 g/mol. The van der Waals surface area contributed by atoms with Crippen molar-refractivity contribution < 1.29 is 14.1 Å². The van der Waals surface area contributed by atoms with Crippen LogP contribution in [0.15, 0.2) is 77.3 Å². The summed E-state index contributed by atoms with van der Waals surface area (Å²) in [4.78, 5) is 24.3. The van der Waals surface area contributed by atoms with Crippen molar-refractivity contribution in [3.05, 3.63) is 84.2 Å². The van der Waals surface area contributed by atoms with Gasteiger partial charge in [0.05, 0.1) is 17.9 Å². The number of nitrogens with two attached hydrogens (primary N) is 1. The average molecular weight is 444 g/mol. The third-order valence-electron chi connectivity index (χ3n) is 4.93. The topological polar surface area (TPSA) is 128 Å². The third kappa shape index (κ3) is 5.65. The highest BCUT2D eigenvalue weighted by Gasteiger charge is 2.14. The van der Waals surface area contributed by atoms with Gasteiger partial charge in [0.15, 0.2) is 11.5 Å². The third-order valence-corrected chi connectivity index (χ3v) is 4.93. The number of carbonyl (C=O) groups excluding carboxylic acids is 2. The number of amides is 2. The molecule has 0 saturated heterocycles. The molecule has 9 nitrogen and oxygen atoms in total. The molecule has 0 saturated carbocycles. The molecule has 0 fully saturated rings. The van der Waals surface area contributed by atoms with Crippen LogP contribution in [0.4, 0.5) is 5.82 Å². The van der Waals surface area contributed by atoms with Gasteiger partial charge in [-0.1, -0.05) is 53.7 Å². The number of para-hydroxylation sites is 1. The molecule has 2 aromatic carbocycles. The van der Waals surface area contributed by atoms with E-state index in [1.54, 1.807) is 10.7 Å². The molecule has 33 heavy (non-hydrogen) atoms. The van der Waals surface area contributed by atoms with Gasteiger partial charge in [-0.25, -0.2) is 4.68 Å². The van der Waals surface area contributed by atoms with E-state index in [1.807, 2.05) is 66.7 Å². The lowest BCUT2D eigenvalue weighted by atomic mass is 10.1. The van der Waals surface area contributed by atoms with Crippen molar-refractivity contribution in [3.8, 4) is 17.0 Å². The fourth-order valence-corrected chi connectivity index (χ4v) is 3.28. The van der Waals surface area contributed by atoms with E-state index in [2.05, 4.69) is 20.9 Å². The van der Waals surface area contributed by atoms with Crippen LogP contribution in [0, 0.1) is 0 Å². The van der Waals surface area contributed by atoms with E-state index < -0.39 is 5.91 Å². The largest absolute Gasteiger partial charge is 0.384 e. The van der Waals surface area contributed by atoms with Crippen molar-refractivity contribution in [2.24, 2.45) is 0 Å². The van der Waals surface area contributed by atoms with Gasteiger partial charge in [-0.3, -0.25) is 9.59 Å². The highest BCUT2D eigenvalue weighted by Crippen LogP contribution is 2.19. The van der Waals surface area contributed by atoms with Gasteiger partial charge in [0.1, 0.15) is 5.82 Å². The Labute approximate surface area is 190 Å². The molecular weight excluding hydrogens is 420 g/mol. The van der Waals surface area contributed by atoms with Crippen LogP contribution in [0.3, 0.4) is 0 Å². The summed E-state index contributed by atoms with van der Waals surface area (Å²) >= 11 is 0. The van der Waals surface area contributed by atoms with Crippen LogP contribution in [0.25, 0.3) is 17.0 Å². The van der Waals surface area contributed by atoms with Crippen LogP contribution >= 0.6 is 0 Å². The number of nitrogens with one attached hydrogen (secondary N) is 2. The van der Waals surface area contributed by atoms with Crippen molar-refractivity contribution >= 4 is 17.6 Å². The van der Waals surface area contributed by atoms with E-state index in [-0.39, 0.29) is 18.1 Å². The molecule has 9 heteroatoms. The maximum absolute atomic E-state index is 12.2. The van der Waals surface area contributed by atoms with Crippen LogP contribution < -0.4 is 16.4 Å². The quantitative estimate of drug-likeness (QED) is 0.341. The van der Waals surface area contributed by atoms with Gasteiger partial charge in [0, 0.05) is 24.2 Å². The Bertz CT molecular complexity index is 1220. The summed E-state index contributed by atoms with van der Waals surface area (Å²) in [7, 11) is 0. The first-order valence-electron chi connectivity index (χ1n) is 10.6. The molecule has 168 valence electrons. The lowest BCUT2D eigenvalue weighted by Crippen LogP contribution is -2.37. The summed E-state index contributed by atoms with van der Waals surface area (Å²) in [5.74, 6) is 0.286. The first-order valence-corrected chi connectivity index (χ1v) is 10.6. The molecule has 0 aliphatic heterocycles. The fourth-order valence-electron chi connectivity index (χ4n) is 3.28. The van der Waals surface area contributed by atoms with Crippen molar-refractivity contribution in [1.29, 1.82) is 0 Å². The van der Waals surface area contributed by atoms with E-state index >= 15 is 0 Å². The number of rotatable bonds is 9. The van der Waals surface area contributed by atoms with Crippen LogP contribution in [0.1, 0.15) is 22.6 Å². The van der Waals surface area contributed by atoms with Crippen LogP contribution in [-0.2, 0) is 11.2 Å². The number of hydrogen-bond acceptors (Lipinski definition) is 6. The minimum Gasteiger partial charge on any atom is -0.384 e. The summed E-state index contributed by atoms with van der Waals surface area (Å²) in [5, 5.41) is 13.6. The molecule has 4 aromatic rings. The predicted molar refractivity (Wildman–Crippen MR) is 124 cm³/mol. The Kier molecular flexibility index (Phi) is 6.79. The van der Waals surface area contributed by atoms with Crippen LogP contribution in [-0.4, -0.2) is 39.8 Å². The molecule has 0 spiro atoms. The fraction of sp³-hybridized carbons (Fsp3) is 0.167. The summed E-state index contributed by atoms with van der Waals surface area (Å²) in [6, 6.07) is 22.4. The zero-order valence-corrected chi connectivity index (χ0v) is 17.9. The highest BCUT2D eigenvalue weighted by atomic mass is 16.5. The Morgan fingerprint density at radius 2 is 1.70 bits per heavy atom. The molecule has 0 radical (unpaired) electrons. The zero-order valence-electron chi connectivity index (χ0n) is 17.9. The van der Waals surface area contributed by atoms with Crippen molar-refractivity contribution in [2.75, 3.05) is 18.8 Å². The molecule has 0 atom stereocenters. The molecule has 4 rings (SSSR count). The van der Waals surface area contributed by atoms with Crippen LogP contribution in [0.5, 0.6) is 0 Å². The number of nitrogens with zero attached hydrogens (tertiary/aromatic N) is 3. The number of nitrogen functional groups attached to an aromatic ring is 1. The molecule has 2 amide bonds. The number of benzene rings is 2. The SMILES string of the molecule is Nc1cc(CCCNC(=O)CNC(=O)c2cc(-c3ccccc3)on2)nn1-c1ccccc1. The first-order chi connectivity index (χ1) is 16.1. The minimum absolute atomic E-state index is 0.119. The Balaban J connectivity index is 1.18. The van der Waals surface area contributed by atoms with Crippen molar-refractivity contribution in [3.63, 3.8) is 0 Å².